The van der Waals surface area contributed by atoms with Crippen LogP contribution in [0.25, 0.3) is 0 Å². The summed E-state index contributed by atoms with van der Waals surface area (Å²) in [5.74, 6) is 0.555. The largest absolute Gasteiger partial charge is 0.506 e. The number of unbranched alkanes of at least 4 members (excludes halogenated alkanes) is 1. The Hall–Kier alpha value is -2.00. The number of hydrogen-bond acceptors (Lipinski definition) is 7. The van der Waals surface area contributed by atoms with Crippen LogP contribution in [0.5, 0.6) is 5.75 Å². The summed E-state index contributed by atoms with van der Waals surface area (Å²) in [6, 6.07) is 0.323. The molecule has 27 heavy (non-hydrogen) atoms. The zero-order valence-electron chi connectivity index (χ0n) is 15.2. The maximum Gasteiger partial charge on any atom is 0.315 e. The number of fused-ring (bicyclic) bond motifs is 1. The molecule has 0 aliphatic carbocycles. The molecule has 3 atom stereocenters. The number of esters is 1. The van der Waals surface area contributed by atoms with E-state index in [1.165, 1.54) is 6.20 Å². The first-order valence-electron chi connectivity index (χ1n) is 9.11. The molecule has 0 saturated carbocycles. The van der Waals surface area contributed by atoms with Crippen molar-refractivity contribution in [2.45, 2.75) is 63.2 Å². The van der Waals surface area contributed by atoms with Crippen LogP contribution in [0.3, 0.4) is 0 Å². The number of carbonyl (C=O) groups excluding carboxylic acids is 2. The molecule has 2 saturated heterocycles. The smallest absolute Gasteiger partial charge is 0.315 e. The van der Waals surface area contributed by atoms with Gasteiger partial charge in [0.05, 0.1) is 24.4 Å². The number of rotatable bonds is 8. The summed E-state index contributed by atoms with van der Waals surface area (Å²) in [5.41, 5.74) is 1.27. The van der Waals surface area contributed by atoms with Gasteiger partial charge in [0.25, 0.3) is 0 Å². The van der Waals surface area contributed by atoms with E-state index in [2.05, 4.69) is 15.6 Å². The molecule has 1 aromatic heterocycles. The summed E-state index contributed by atoms with van der Waals surface area (Å²) in [4.78, 5) is 27.3. The number of nitrogens with zero attached hydrogens (tertiary/aromatic N) is 1. The predicted octanol–water partition coefficient (Wildman–Crippen LogP) is 1.36. The van der Waals surface area contributed by atoms with Gasteiger partial charge >= 0.3 is 12.0 Å². The van der Waals surface area contributed by atoms with Crippen molar-refractivity contribution in [3.05, 3.63) is 23.0 Å². The average Bonchev–Trinajstić information content (AvgIpc) is 3.19. The lowest BCUT2D eigenvalue weighted by Crippen LogP contribution is -2.36. The van der Waals surface area contributed by atoms with Crippen LogP contribution in [0.15, 0.2) is 6.20 Å². The fraction of sp³-hybridized carbons (Fsp3) is 0.611. The number of aryl methyl sites for hydroxylation is 1. The Morgan fingerprint density at radius 1 is 1.41 bits per heavy atom. The molecule has 9 heteroatoms. The summed E-state index contributed by atoms with van der Waals surface area (Å²) in [6.07, 6.45) is 4.38. The van der Waals surface area contributed by atoms with Crippen molar-refractivity contribution >= 4 is 23.8 Å². The van der Waals surface area contributed by atoms with Crippen LogP contribution in [0.1, 0.15) is 42.5 Å². The standard InChI is InChI=1S/C18H25N3O5S/c1-10-17(24)12(7-22)11(6-19-10)8-26-15(23)5-3-2-4-14-16-13(9-27-14)20-18(25)21-16/h6,13-14,16,22,24H,2-5,7-9H2,1H3,(H2,20,21,25)/t13-,14-,16-/m0/s1. The molecular formula is C18H25N3O5S. The Morgan fingerprint density at radius 3 is 3.00 bits per heavy atom. The molecule has 0 aromatic carbocycles. The first-order chi connectivity index (χ1) is 13.0. The van der Waals surface area contributed by atoms with Crippen LogP contribution in [0, 0.1) is 6.92 Å². The van der Waals surface area contributed by atoms with Gasteiger partial charge < -0.3 is 25.6 Å². The normalized spacial score (nSPS) is 23.6. The predicted molar refractivity (Wildman–Crippen MR) is 100 cm³/mol. The van der Waals surface area contributed by atoms with E-state index in [0.717, 1.165) is 25.0 Å². The molecule has 2 aliphatic heterocycles. The number of amides is 2. The summed E-state index contributed by atoms with van der Waals surface area (Å²) in [5, 5.41) is 25.6. The fourth-order valence-electron chi connectivity index (χ4n) is 3.47. The number of aromatic nitrogens is 1. The number of carbonyl (C=O) groups is 2. The van der Waals surface area contributed by atoms with Gasteiger partial charge in [-0.25, -0.2) is 4.79 Å². The Morgan fingerprint density at radius 2 is 2.22 bits per heavy atom. The quantitative estimate of drug-likeness (QED) is 0.298. The van der Waals surface area contributed by atoms with E-state index >= 15 is 0 Å². The summed E-state index contributed by atoms with van der Waals surface area (Å²) in [6.45, 7) is 1.28. The number of pyridine rings is 1. The first kappa shape index (κ1) is 19.8. The highest BCUT2D eigenvalue weighted by molar-refractivity contribution is 8.00. The van der Waals surface area contributed by atoms with Crippen molar-refractivity contribution in [1.29, 1.82) is 0 Å². The number of hydrogen-bond donors (Lipinski definition) is 4. The molecule has 148 valence electrons. The molecule has 2 fully saturated rings. The molecule has 0 bridgehead atoms. The van der Waals surface area contributed by atoms with Crippen LogP contribution in [-0.4, -0.2) is 50.3 Å². The minimum atomic E-state index is -0.339. The van der Waals surface area contributed by atoms with Gasteiger partial charge in [-0.2, -0.15) is 11.8 Å². The van der Waals surface area contributed by atoms with Crippen molar-refractivity contribution in [3.8, 4) is 5.75 Å². The molecule has 8 nitrogen and oxygen atoms in total. The molecule has 0 spiro atoms. The number of aromatic hydroxyl groups is 1. The van der Waals surface area contributed by atoms with Crippen LogP contribution < -0.4 is 10.6 Å². The highest BCUT2D eigenvalue weighted by Crippen LogP contribution is 2.33. The minimum absolute atomic E-state index is 0.0184. The molecule has 3 rings (SSSR count). The van der Waals surface area contributed by atoms with Crippen molar-refractivity contribution < 1.29 is 24.5 Å². The van der Waals surface area contributed by atoms with E-state index in [-0.39, 0.29) is 43.0 Å². The van der Waals surface area contributed by atoms with Crippen LogP contribution in [0.4, 0.5) is 4.79 Å². The maximum absolute atomic E-state index is 11.9. The number of aliphatic hydroxyl groups is 1. The van der Waals surface area contributed by atoms with E-state index < -0.39 is 0 Å². The number of thioether (sulfide) groups is 1. The fourth-order valence-corrected chi connectivity index (χ4v) is 5.02. The van der Waals surface area contributed by atoms with Gasteiger partial charge in [0.15, 0.2) is 0 Å². The maximum atomic E-state index is 11.9. The molecule has 1 aromatic rings. The summed E-state index contributed by atoms with van der Waals surface area (Å²) < 4.78 is 5.25. The van der Waals surface area contributed by atoms with Crippen molar-refractivity contribution in [2.24, 2.45) is 0 Å². The third kappa shape index (κ3) is 4.65. The topological polar surface area (TPSA) is 121 Å². The van der Waals surface area contributed by atoms with E-state index in [0.29, 0.717) is 28.5 Å². The highest BCUT2D eigenvalue weighted by atomic mass is 32.2. The second kappa shape index (κ2) is 8.79. The van der Waals surface area contributed by atoms with Gasteiger partial charge in [-0.05, 0) is 19.8 Å². The summed E-state index contributed by atoms with van der Waals surface area (Å²) >= 11 is 1.86. The molecule has 2 aliphatic rings. The molecule has 0 radical (unpaired) electrons. The minimum Gasteiger partial charge on any atom is -0.506 e. The Kier molecular flexibility index (Phi) is 6.43. The van der Waals surface area contributed by atoms with Crippen molar-refractivity contribution in [1.82, 2.24) is 15.6 Å². The van der Waals surface area contributed by atoms with Crippen LogP contribution in [-0.2, 0) is 22.7 Å². The van der Waals surface area contributed by atoms with Gasteiger partial charge in [-0.15, -0.1) is 0 Å². The Balaban J connectivity index is 1.37. The summed E-state index contributed by atoms with van der Waals surface area (Å²) in [7, 11) is 0. The average molecular weight is 395 g/mol. The second-order valence-electron chi connectivity index (χ2n) is 6.88. The SMILES string of the molecule is Cc1ncc(COC(=O)CCCC[C@@H]2SC[C@@H]3NC(=O)N[C@@H]32)c(CO)c1O. The lowest BCUT2D eigenvalue weighted by atomic mass is 10.0. The molecule has 4 N–H and O–H groups in total. The van der Waals surface area contributed by atoms with Crippen molar-refractivity contribution in [3.63, 3.8) is 0 Å². The number of urea groups is 1. The number of ether oxygens (including phenoxy) is 1. The van der Waals surface area contributed by atoms with Gasteiger partial charge in [0.2, 0.25) is 0 Å². The second-order valence-corrected chi connectivity index (χ2v) is 8.15. The van der Waals surface area contributed by atoms with E-state index in [4.69, 9.17) is 4.74 Å². The number of aliphatic hydroxyl groups excluding tert-OH is 1. The van der Waals surface area contributed by atoms with Crippen molar-refractivity contribution in [2.75, 3.05) is 5.75 Å². The zero-order valence-corrected chi connectivity index (χ0v) is 16.1. The van der Waals surface area contributed by atoms with Crippen LogP contribution >= 0.6 is 11.8 Å². The number of nitrogens with one attached hydrogen (secondary N) is 2. The third-order valence-corrected chi connectivity index (χ3v) is 6.54. The molecule has 2 amide bonds. The zero-order chi connectivity index (χ0) is 19.4. The molecule has 3 heterocycles. The lowest BCUT2D eigenvalue weighted by molar-refractivity contribution is -0.145. The third-order valence-electron chi connectivity index (χ3n) is 5.03. The Labute approximate surface area is 162 Å². The molecule has 0 unspecified atom stereocenters. The Bertz CT molecular complexity index is 714. The van der Waals surface area contributed by atoms with Gasteiger partial charge in [0, 0.05) is 34.7 Å². The molecular weight excluding hydrogens is 370 g/mol. The highest BCUT2D eigenvalue weighted by Gasteiger charge is 2.42. The van der Waals surface area contributed by atoms with E-state index in [9.17, 15) is 19.8 Å². The van der Waals surface area contributed by atoms with Gasteiger partial charge in [0.1, 0.15) is 12.4 Å². The van der Waals surface area contributed by atoms with E-state index in [1.807, 2.05) is 11.8 Å². The first-order valence-corrected chi connectivity index (χ1v) is 10.2. The monoisotopic (exact) mass is 395 g/mol. The lowest BCUT2D eigenvalue weighted by Gasteiger charge is -2.16. The van der Waals surface area contributed by atoms with Crippen LogP contribution in [0.2, 0.25) is 0 Å². The van der Waals surface area contributed by atoms with Gasteiger partial charge in [-0.3, -0.25) is 9.78 Å². The van der Waals surface area contributed by atoms with E-state index in [1.54, 1.807) is 6.92 Å². The van der Waals surface area contributed by atoms with Gasteiger partial charge in [-0.1, -0.05) is 6.42 Å².